The zero-order valence-electron chi connectivity index (χ0n) is 6.57. The Morgan fingerprint density at radius 3 is 2.50 bits per heavy atom. The van der Waals surface area contributed by atoms with E-state index in [0.29, 0.717) is 4.90 Å². The number of hydrogen-bond acceptors (Lipinski definition) is 5. The van der Waals surface area contributed by atoms with E-state index in [1.165, 1.54) is 6.92 Å². The number of amides is 3. The van der Waals surface area contributed by atoms with Gasteiger partial charge in [-0.2, -0.15) is 0 Å². The summed E-state index contributed by atoms with van der Waals surface area (Å²) in [6, 6.07) is 0. The maximum absolute atomic E-state index is 11.0. The molecule has 12 heavy (non-hydrogen) atoms. The third-order valence-electron chi connectivity index (χ3n) is 1.39. The quantitative estimate of drug-likeness (QED) is 0.520. The molecule has 66 valence electrons. The van der Waals surface area contributed by atoms with Crippen molar-refractivity contribution < 1.29 is 23.9 Å². The van der Waals surface area contributed by atoms with Gasteiger partial charge in [-0.05, 0) is 6.92 Å². The number of ether oxygens (including phenoxy) is 2. The fourth-order valence-electron chi connectivity index (χ4n) is 0.782. The van der Waals surface area contributed by atoms with Crippen molar-refractivity contribution in [3.8, 4) is 0 Å². The van der Waals surface area contributed by atoms with Crippen LogP contribution in [0.15, 0.2) is 0 Å². The van der Waals surface area contributed by atoms with Gasteiger partial charge in [0.15, 0.2) is 6.10 Å². The molecular formula is C6H7NO5. The average Bonchev–Trinajstić information content (AvgIpc) is 2.26. The van der Waals surface area contributed by atoms with Gasteiger partial charge in [-0.1, -0.05) is 0 Å². The summed E-state index contributed by atoms with van der Waals surface area (Å²) in [6.45, 7) is 1.38. The Labute approximate surface area is 68.0 Å². The van der Waals surface area contributed by atoms with Crippen LogP contribution in [0.5, 0.6) is 0 Å². The van der Waals surface area contributed by atoms with E-state index in [4.69, 9.17) is 0 Å². The largest absolute Gasteiger partial charge is 0.452 e. The second-order valence-electron chi connectivity index (χ2n) is 2.17. The molecule has 3 amide bonds. The second-order valence-corrected chi connectivity index (χ2v) is 2.17. The lowest BCUT2D eigenvalue weighted by molar-refractivity contribution is -0.127. The van der Waals surface area contributed by atoms with Gasteiger partial charge in [0.2, 0.25) is 0 Å². The Balaban J connectivity index is 2.84. The first kappa shape index (κ1) is 8.51. The summed E-state index contributed by atoms with van der Waals surface area (Å²) in [7, 11) is 1.08. The van der Waals surface area contributed by atoms with Gasteiger partial charge in [0.25, 0.3) is 5.91 Å². The van der Waals surface area contributed by atoms with Crippen LogP contribution in [0.4, 0.5) is 9.59 Å². The highest BCUT2D eigenvalue weighted by Crippen LogP contribution is 2.12. The highest BCUT2D eigenvalue weighted by Gasteiger charge is 2.42. The van der Waals surface area contributed by atoms with Crippen molar-refractivity contribution in [1.29, 1.82) is 0 Å². The van der Waals surface area contributed by atoms with Crippen molar-refractivity contribution >= 4 is 18.1 Å². The minimum atomic E-state index is -1.02. The van der Waals surface area contributed by atoms with Crippen molar-refractivity contribution in [2.24, 2.45) is 0 Å². The molecule has 0 spiro atoms. The molecule has 6 heteroatoms. The molecule has 1 unspecified atom stereocenters. The van der Waals surface area contributed by atoms with Crippen LogP contribution in [0, 0.1) is 0 Å². The van der Waals surface area contributed by atoms with E-state index in [2.05, 4.69) is 9.47 Å². The maximum Gasteiger partial charge on any atom is 0.427 e. The molecule has 1 aliphatic heterocycles. The van der Waals surface area contributed by atoms with Crippen molar-refractivity contribution in [3.63, 3.8) is 0 Å². The van der Waals surface area contributed by atoms with E-state index in [-0.39, 0.29) is 0 Å². The first-order valence-electron chi connectivity index (χ1n) is 3.20. The van der Waals surface area contributed by atoms with Crippen molar-refractivity contribution in [2.45, 2.75) is 13.0 Å². The highest BCUT2D eigenvalue weighted by molar-refractivity contribution is 6.11. The standard InChI is InChI=1S/C6H7NO5/c1-3-4(8)7(5(9)11-2)6(10)12-3/h3H,1-2H3. The molecule has 1 rings (SSSR count). The number of cyclic esters (lactones) is 1. The molecular weight excluding hydrogens is 166 g/mol. The molecule has 1 saturated heterocycles. The van der Waals surface area contributed by atoms with Crippen LogP contribution in [0.2, 0.25) is 0 Å². The zero-order chi connectivity index (χ0) is 9.30. The minimum absolute atomic E-state index is 0.324. The molecule has 0 radical (unpaired) electrons. The van der Waals surface area contributed by atoms with Gasteiger partial charge in [0.05, 0.1) is 7.11 Å². The number of methoxy groups -OCH3 is 1. The molecule has 0 bridgehead atoms. The number of rotatable bonds is 0. The van der Waals surface area contributed by atoms with Crippen molar-refractivity contribution in [2.75, 3.05) is 7.11 Å². The van der Waals surface area contributed by atoms with Crippen molar-refractivity contribution in [1.82, 2.24) is 4.90 Å². The van der Waals surface area contributed by atoms with Gasteiger partial charge in [-0.25, -0.2) is 9.59 Å². The third kappa shape index (κ3) is 1.11. The van der Waals surface area contributed by atoms with Gasteiger partial charge in [0, 0.05) is 0 Å². The Morgan fingerprint density at radius 1 is 1.58 bits per heavy atom. The van der Waals surface area contributed by atoms with E-state index in [1.807, 2.05) is 0 Å². The predicted octanol–water partition coefficient (Wildman–Crippen LogP) is 0.120. The smallest absolute Gasteiger partial charge is 0.427 e. The fraction of sp³-hybridized carbons (Fsp3) is 0.500. The average molecular weight is 173 g/mol. The van der Waals surface area contributed by atoms with E-state index < -0.39 is 24.2 Å². The van der Waals surface area contributed by atoms with Crippen molar-refractivity contribution in [3.05, 3.63) is 0 Å². The molecule has 1 atom stereocenters. The Morgan fingerprint density at radius 2 is 2.17 bits per heavy atom. The van der Waals surface area contributed by atoms with Crippen LogP contribution in [0.25, 0.3) is 0 Å². The molecule has 0 aromatic rings. The maximum atomic E-state index is 11.0. The summed E-state index contributed by atoms with van der Waals surface area (Å²) < 4.78 is 8.63. The molecule has 1 fully saturated rings. The van der Waals surface area contributed by atoms with Gasteiger partial charge in [-0.15, -0.1) is 4.90 Å². The summed E-state index contributed by atoms with van der Waals surface area (Å²) >= 11 is 0. The van der Waals surface area contributed by atoms with Gasteiger partial charge >= 0.3 is 12.2 Å². The first-order chi connectivity index (χ1) is 5.57. The number of carbonyl (C=O) groups excluding carboxylic acids is 3. The zero-order valence-corrected chi connectivity index (χ0v) is 6.57. The molecule has 6 nitrogen and oxygen atoms in total. The van der Waals surface area contributed by atoms with Crippen LogP contribution >= 0.6 is 0 Å². The fourth-order valence-corrected chi connectivity index (χ4v) is 0.782. The molecule has 0 aromatic carbocycles. The number of hydrogen-bond donors (Lipinski definition) is 0. The predicted molar refractivity (Wildman–Crippen MR) is 35.2 cm³/mol. The molecule has 0 aliphatic carbocycles. The lowest BCUT2D eigenvalue weighted by atomic mass is 10.4. The van der Waals surface area contributed by atoms with E-state index in [1.54, 1.807) is 0 Å². The molecule has 0 aromatic heterocycles. The van der Waals surface area contributed by atoms with Crippen LogP contribution < -0.4 is 0 Å². The SMILES string of the molecule is COC(=O)N1C(=O)OC(C)C1=O. The molecule has 0 saturated carbocycles. The van der Waals surface area contributed by atoms with Crippen LogP contribution in [-0.4, -0.2) is 36.2 Å². The van der Waals surface area contributed by atoms with Crippen LogP contribution in [0.3, 0.4) is 0 Å². The van der Waals surface area contributed by atoms with Gasteiger partial charge < -0.3 is 9.47 Å². The monoisotopic (exact) mass is 173 g/mol. The van der Waals surface area contributed by atoms with Crippen LogP contribution in [0.1, 0.15) is 6.92 Å². The van der Waals surface area contributed by atoms with Crippen LogP contribution in [-0.2, 0) is 14.3 Å². The Kier molecular flexibility index (Phi) is 1.99. The Hall–Kier alpha value is -1.59. The normalized spacial score (nSPS) is 22.5. The van der Waals surface area contributed by atoms with Gasteiger partial charge in [0.1, 0.15) is 0 Å². The lowest BCUT2D eigenvalue weighted by Gasteiger charge is -2.05. The van der Waals surface area contributed by atoms with E-state index >= 15 is 0 Å². The summed E-state index contributed by atoms with van der Waals surface area (Å²) in [5.41, 5.74) is 0. The Bertz CT molecular complexity index is 240. The number of imide groups is 3. The second kappa shape index (κ2) is 2.80. The minimum Gasteiger partial charge on any atom is -0.452 e. The van der Waals surface area contributed by atoms with Gasteiger partial charge in [-0.3, -0.25) is 4.79 Å². The van der Waals surface area contributed by atoms with E-state index in [0.717, 1.165) is 7.11 Å². The first-order valence-corrected chi connectivity index (χ1v) is 3.20. The molecule has 1 heterocycles. The summed E-state index contributed by atoms with van der Waals surface area (Å²) in [6.07, 6.45) is -2.91. The summed E-state index contributed by atoms with van der Waals surface area (Å²) in [5, 5.41) is 0. The van der Waals surface area contributed by atoms with E-state index in [9.17, 15) is 14.4 Å². The topological polar surface area (TPSA) is 72.9 Å². The third-order valence-corrected chi connectivity index (χ3v) is 1.39. The highest BCUT2D eigenvalue weighted by atomic mass is 16.6. The summed E-state index contributed by atoms with van der Waals surface area (Å²) in [5.74, 6) is -0.702. The number of carbonyl (C=O) groups is 3. The number of nitrogens with zero attached hydrogens (tertiary/aromatic N) is 1. The summed E-state index contributed by atoms with van der Waals surface area (Å²) in [4.78, 5) is 32.9. The molecule has 1 aliphatic rings. The lowest BCUT2D eigenvalue weighted by Crippen LogP contribution is -2.36. The molecule has 0 N–H and O–H groups in total.